The van der Waals surface area contributed by atoms with Crippen LogP contribution in [0.2, 0.25) is 0 Å². The number of carbonyl (C=O) groups excluding carboxylic acids is 1. The van der Waals surface area contributed by atoms with Gasteiger partial charge in [-0.3, -0.25) is 0 Å². The zero-order chi connectivity index (χ0) is 13.4. The molecule has 100 valence electrons. The highest BCUT2D eigenvalue weighted by Gasteiger charge is 2.07. The third-order valence-corrected chi connectivity index (χ3v) is 2.61. The van der Waals surface area contributed by atoms with Gasteiger partial charge in [-0.15, -0.1) is 0 Å². The van der Waals surface area contributed by atoms with Gasteiger partial charge in [0, 0.05) is 13.1 Å². The second-order valence-electron chi connectivity index (χ2n) is 3.79. The van der Waals surface area contributed by atoms with E-state index in [4.69, 9.17) is 10.5 Å². The molecule has 0 aliphatic heterocycles. The highest BCUT2D eigenvalue weighted by Crippen LogP contribution is 2.19. The summed E-state index contributed by atoms with van der Waals surface area (Å²) in [4.78, 5) is 13.3. The molecule has 0 spiro atoms. The van der Waals surface area contributed by atoms with E-state index in [1.165, 1.54) is 0 Å². The summed E-state index contributed by atoms with van der Waals surface area (Å²) in [5.41, 5.74) is 6.34. The van der Waals surface area contributed by atoms with E-state index >= 15 is 0 Å². The molecule has 5 nitrogen and oxygen atoms in total. The van der Waals surface area contributed by atoms with Crippen molar-refractivity contribution in [3.05, 3.63) is 24.3 Å². The van der Waals surface area contributed by atoms with Crippen molar-refractivity contribution in [3.63, 3.8) is 0 Å². The number of benzene rings is 1. The first-order chi connectivity index (χ1) is 8.69. The highest BCUT2D eigenvalue weighted by molar-refractivity contribution is 5.74. The van der Waals surface area contributed by atoms with E-state index in [-0.39, 0.29) is 6.03 Å². The Kier molecular flexibility index (Phi) is 5.84. The Morgan fingerprint density at radius 2 is 2.00 bits per heavy atom. The van der Waals surface area contributed by atoms with Crippen molar-refractivity contribution in [1.82, 2.24) is 10.2 Å². The first-order valence-electron chi connectivity index (χ1n) is 6.19. The summed E-state index contributed by atoms with van der Waals surface area (Å²) in [6.45, 7) is 6.17. The molecule has 5 heteroatoms. The minimum Gasteiger partial charge on any atom is -0.490 e. The van der Waals surface area contributed by atoms with Crippen LogP contribution in [0.25, 0.3) is 0 Å². The van der Waals surface area contributed by atoms with Crippen LogP contribution in [0.3, 0.4) is 0 Å². The van der Waals surface area contributed by atoms with Crippen LogP contribution >= 0.6 is 0 Å². The molecule has 0 bridgehead atoms. The summed E-state index contributed by atoms with van der Waals surface area (Å²) < 4.78 is 5.48. The van der Waals surface area contributed by atoms with Gasteiger partial charge in [-0.05, 0) is 26.0 Å². The molecule has 2 amide bonds. The first-order valence-corrected chi connectivity index (χ1v) is 6.19. The number of nitrogens with two attached hydrogens (primary N) is 1. The lowest BCUT2D eigenvalue weighted by molar-refractivity contribution is 0.200. The molecule has 0 radical (unpaired) electrons. The largest absolute Gasteiger partial charge is 0.490 e. The molecular formula is C13H21N3O2. The highest BCUT2D eigenvalue weighted by atomic mass is 16.5. The van der Waals surface area contributed by atoms with Crippen molar-refractivity contribution in [2.75, 3.05) is 32.0 Å². The number of ether oxygens (including phenoxy) is 1. The number of carbonyl (C=O) groups is 1. The van der Waals surface area contributed by atoms with Crippen LogP contribution in [-0.4, -0.2) is 37.2 Å². The summed E-state index contributed by atoms with van der Waals surface area (Å²) in [6.07, 6.45) is 0. The zero-order valence-corrected chi connectivity index (χ0v) is 11.0. The Bertz CT molecular complexity index is 378. The van der Waals surface area contributed by atoms with Crippen molar-refractivity contribution in [2.45, 2.75) is 13.8 Å². The van der Waals surface area contributed by atoms with Gasteiger partial charge < -0.3 is 20.7 Å². The molecule has 0 heterocycles. The van der Waals surface area contributed by atoms with Gasteiger partial charge in [0.2, 0.25) is 0 Å². The Morgan fingerprint density at radius 3 is 2.61 bits per heavy atom. The second kappa shape index (κ2) is 7.42. The average Bonchev–Trinajstić information content (AvgIpc) is 2.38. The van der Waals surface area contributed by atoms with Crippen molar-refractivity contribution < 1.29 is 9.53 Å². The zero-order valence-electron chi connectivity index (χ0n) is 11.0. The van der Waals surface area contributed by atoms with Gasteiger partial charge >= 0.3 is 6.03 Å². The number of nitrogens with one attached hydrogen (secondary N) is 1. The molecule has 0 saturated carbocycles. The monoisotopic (exact) mass is 251 g/mol. The number of amides is 2. The van der Waals surface area contributed by atoms with E-state index in [0.29, 0.717) is 37.7 Å². The van der Waals surface area contributed by atoms with Gasteiger partial charge in [-0.1, -0.05) is 12.1 Å². The third kappa shape index (κ3) is 4.16. The Balaban J connectivity index is 2.27. The van der Waals surface area contributed by atoms with E-state index in [9.17, 15) is 4.79 Å². The molecule has 0 aromatic heterocycles. The van der Waals surface area contributed by atoms with Crippen LogP contribution in [-0.2, 0) is 0 Å². The average molecular weight is 251 g/mol. The standard InChI is InChI=1S/C13H21N3O2/c1-3-16(4-2)13(17)15-9-10-18-12-8-6-5-7-11(12)14/h5-8H,3-4,9-10,14H2,1-2H3,(H,15,17). The maximum atomic E-state index is 11.6. The Labute approximate surface area is 108 Å². The van der Waals surface area contributed by atoms with Crippen LogP contribution < -0.4 is 15.8 Å². The summed E-state index contributed by atoms with van der Waals surface area (Å²) in [5, 5.41) is 2.80. The number of nitrogen functional groups attached to an aromatic ring is 1. The maximum Gasteiger partial charge on any atom is 0.317 e. The normalized spacial score (nSPS) is 9.89. The number of urea groups is 1. The number of hydrogen-bond acceptors (Lipinski definition) is 3. The van der Waals surface area contributed by atoms with Gasteiger partial charge in [-0.25, -0.2) is 4.79 Å². The van der Waals surface area contributed by atoms with E-state index in [2.05, 4.69) is 5.32 Å². The number of hydrogen-bond donors (Lipinski definition) is 2. The maximum absolute atomic E-state index is 11.6. The molecular weight excluding hydrogens is 230 g/mol. The van der Waals surface area contributed by atoms with Crippen LogP contribution in [0.15, 0.2) is 24.3 Å². The van der Waals surface area contributed by atoms with Crippen molar-refractivity contribution in [2.24, 2.45) is 0 Å². The molecule has 1 rings (SSSR count). The molecule has 18 heavy (non-hydrogen) atoms. The molecule has 1 aromatic rings. The summed E-state index contributed by atoms with van der Waals surface area (Å²) in [7, 11) is 0. The van der Waals surface area contributed by atoms with Crippen LogP contribution in [0.4, 0.5) is 10.5 Å². The molecule has 3 N–H and O–H groups in total. The van der Waals surface area contributed by atoms with Gasteiger partial charge in [0.1, 0.15) is 12.4 Å². The fourth-order valence-electron chi connectivity index (χ4n) is 1.55. The van der Waals surface area contributed by atoms with Crippen molar-refractivity contribution in [1.29, 1.82) is 0 Å². The predicted molar refractivity (Wildman–Crippen MR) is 72.7 cm³/mol. The molecule has 0 atom stereocenters. The van der Waals surface area contributed by atoms with Crippen LogP contribution in [0, 0.1) is 0 Å². The minimum atomic E-state index is -0.0652. The summed E-state index contributed by atoms with van der Waals surface area (Å²) in [5.74, 6) is 0.648. The molecule has 0 saturated heterocycles. The fourth-order valence-corrected chi connectivity index (χ4v) is 1.55. The quantitative estimate of drug-likeness (QED) is 0.597. The van der Waals surface area contributed by atoms with E-state index < -0.39 is 0 Å². The van der Waals surface area contributed by atoms with E-state index in [0.717, 1.165) is 0 Å². The number of rotatable bonds is 6. The number of anilines is 1. The molecule has 0 fully saturated rings. The van der Waals surface area contributed by atoms with Crippen LogP contribution in [0.1, 0.15) is 13.8 Å². The van der Waals surface area contributed by atoms with Crippen molar-refractivity contribution in [3.8, 4) is 5.75 Å². The minimum absolute atomic E-state index is 0.0652. The Hall–Kier alpha value is -1.91. The molecule has 0 aliphatic carbocycles. The topological polar surface area (TPSA) is 67.6 Å². The van der Waals surface area contributed by atoms with Crippen LogP contribution in [0.5, 0.6) is 5.75 Å². The summed E-state index contributed by atoms with van der Waals surface area (Å²) >= 11 is 0. The van der Waals surface area contributed by atoms with E-state index in [1.807, 2.05) is 32.0 Å². The lowest BCUT2D eigenvalue weighted by atomic mass is 10.3. The fraction of sp³-hybridized carbons (Fsp3) is 0.462. The first kappa shape index (κ1) is 14.2. The summed E-state index contributed by atoms with van der Waals surface area (Å²) in [6, 6.07) is 7.24. The smallest absolute Gasteiger partial charge is 0.317 e. The molecule has 1 aromatic carbocycles. The number of nitrogens with zero attached hydrogens (tertiary/aromatic N) is 1. The molecule has 0 unspecified atom stereocenters. The predicted octanol–water partition coefficient (Wildman–Crippen LogP) is 1.70. The van der Waals surface area contributed by atoms with E-state index in [1.54, 1.807) is 11.0 Å². The lowest BCUT2D eigenvalue weighted by Crippen LogP contribution is -2.41. The van der Waals surface area contributed by atoms with Gasteiger partial charge in [0.15, 0.2) is 0 Å². The van der Waals surface area contributed by atoms with Crippen molar-refractivity contribution >= 4 is 11.7 Å². The Morgan fingerprint density at radius 1 is 1.33 bits per heavy atom. The third-order valence-electron chi connectivity index (χ3n) is 2.61. The number of para-hydroxylation sites is 2. The van der Waals surface area contributed by atoms with Gasteiger partial charge in [-0.2, -0.15) is 0 Å². The second-order valence-corrected chi connectivity index (χ2v) is 3.79. The SMILES string of the molecule is CCN(CC)C(=O)NCCOc1ccccc1N. The van der Waals surface area contributed by atoms with Gasteiger partial charge in [0.25, 0.3) is 0 Å². The van der Waals surface area contributed by atoms with Gasteiger partial charge in [0.05, 0.1) is 12.2 Å². The lowest BCUT2D eigenvalue weighted by Gasteiger charge is -2.19. The molecule has 0 aliphatic rings.